The summed E-state index contributed by atoms with van der Waals surface area (Å²) < 4.78 is 13.6. The van der Waals surface area contributed by atoms with E-state index in [2.05, 4.69) is 16.7 Å². The minimum absolute atomic E-state index is 0.0305. The lowest BCUT2D eigenvalue weighted by atomic mass is 10.1. The standard InChI is InChI=1S/C25H28N2O3/c1-17-15-26(16-18(2)30-17)25(28)21-14-23(20-10-6-5-7-11-20)27(19(21)3)22-12-8-9-13-24(22)29-4/h5-14,17-18H,15-16H2,1-4H3/t17-,18-/m1/s1. The van der Waals surface area contributed by atoms with Gasteiger partial charge in [0, 0.05) is 18.8 Å². The minimum atomic E-state index is 0.0305. The maximum atomic E-state index is 13.5. The molecule has 156 valence electrons. The molecule has 3 aromatic rings. The maximum absolute atomic E-state index is 13.5. The molecule has 1 aliphatic heterocycles. The molecule has 2 atom stereocenters. The van der Waals surface area contributed by atoms with Crippen molar-refractivity contribution in [3.63, 3.8) is 0 Å². The molecule has 1 amide bonds. The predicted molar refractivity (Wildman–Crippen MR) is 118 cm³/mol. The average Bonchev–Trinajstić information content (AvgIpc) is 3.10. The fourth-order valence-electron chi connectivity index (χ4n) is 4.28. The Kier molecular flexibility index (Phi) is 5.64. The smallest absolute Gasteiger partial charge is 0.255 e. The number of ether oxygens (including phenoxy) is 2. The number of benzene rings is 2. The highest BCUT2D eigenvalue weighted by atomic mass is 16.5. The molecule has 1 aliphatic rings. The lowest BCUT2D eigenvalue weighted by molar-refractivity contribution is -0.0586. The molecule has 30 heavy (non-hydrogen) atoms. The molecule has 1 fully saturated rings. The monoisotopic (exact) mass is 404 g/mol. The summed E-state index contributed by atoms with van der Waals surface area (Å²) in [5.41, 5.74) is 4.54. The molecule has 0 unspecified atom stereocenters. The van der Waals surface area contributed by atoms with Gasteiger partial charge in [0.15, 0.2) is 0 Å². The van der Waals surface area contributed by atoms with Crippen LogP contribution in [0.5, 0.6) is 5.75 Å². The number of carbonyl (C=O) groups excluding carboxylic acids is 1. The number of nitrogens with zero attached hydrogens (tertiary/aromatic N) is 2. The first kappa shape index (κ1) is 20.2. The third-order valence-corrected chi connectivity index (χ3v) is 5.58. The van der Waals surface area contributed by atoms with Gasteiger partial charge in [-0.2, -0.15) is 0 Å². The molecular formula is C25H28N2O3. The molecule has 2 heterocycles. The number of carbonyl (C=O) groups is 1. The lowest BCUT2D eigenvalue weighted by Gasteiger charge is -2.35. The van der Waals surface area contributed by atoms with Crippen molar-refractivity contribution >= 4 is 5.91 Å². The van der Waals surface area contributed by atoms with E-state index in [-0.39, 0.29) is 18.1 Å². The quantitative estimate of drug-likeness (QED) is 0.632. The number of para-hydroxylation sites is 2. The molecule has 1 saturated heterocycles. The fraction of sp³-hybridized carbons (Fsp3) is 0.320. The SMILES string of the molecule is COc1ccccc1-n1c(-c2ccccc2)cc(C(=O)N2C[C@@H](C)O[C@H](C)C2)c1C. The third kappa shape index (κ3) is 3.73. The number of rotatable bonds is 4. The largest absolute Gasteiger partial charge is 0.495 e. The Hall–Kier alpha value is -3.05. The van der Waals surface area contributed by atoms with E-state index in [1.165, 1.54) is 0 Å². The van der Waals surface area contributed by atoms with Gasteiger partial charge in [0.05, 0.1) is 36.3 Å². The highest BCUT2D eigenvalue weighted by molar-refractivity contribution is 5.97. The average molecular weight is 405 g/mol. The van der Waals surface area contributed by atoms with Crippen molar-refractivity contribution in [3.8, 4) is 22.7 Å². The van der Waals surface area contributed by atoms with E-state index in [4.69, 9.17) is 9.47 Å². The van der Waals surface area contributed by atoms with Crippen molar-refractivity contribution in [1.29, 1.82) is 0 Å². The minimum Gasteiger partial charge on any atom is -0.495 e. The van der Waals surface area contributed by atoms with Gasteiger partial charge in [0.1, 0.15) is 5.75 Å². The Labute approximate surface area is 177 Å². The zero-order chi connectivity index (χ0) is 21.3. The van der Waals surface area contributed by atoms with Crippen LogP contribution in [0.15, 0.2) is 60.7 Å². The van der Waals surface area contributed by atoms with Gasteiger partial charge in [0.25, 0.3) is 5.91 Å². The topological polar surface area (TPSA) is 43.7 Å². The maximum Gasteiger partial charge on any atom is 0.255 e. The van der Waals surface area contributed by atoms with Crippen LogP contribution in [0.1, 0.15) is 29.9 Å². The summed E-state index contributed by atoms with van der Waals surface area (Å²) in [6, 6.07) is 20.0. The Morgan fingerprint density at radius 1 is 1.00 bits per heavy atom. The van der Waals surface area contributed by atoms with E-state index in [1.807, 2.05) is 74.2 Å². The second-order valence-electron chi connectivity index (χ2n) is 7.87. The van der Waals surface area contributed by atoms with Crippen LogP contribution in [-0.2, 0) is 4.74 Å². The Bertz CT molecular complexity index is 1030. The van der Waals surface area contributed by atoms with Crippen molar-refractivity contribution in [1.82, 2.24) is 9.47 Å². The number of methoxy groups -OCH3 is 1. The molecule has 0 N–H and O–H groups in total. The Morgan fingerprint density at radius 2 is 1.63 bits per heavy atom. The molecule has 0 aliphatic carbocycles. The van der Waals surface area contributed by atoms with E-state index in [9.17, 15) is 4.79 Å². The van der Waals surface area contributed by atoms with Crippen molar-refractivity contribution in [2.45, 2.75) is 33.0 Å². The van der Waals surface area contributed by atoms with Gasteiger partial charge < -0.3 is 18.9 Å². The summed E-state index contributed by atoms with van der Waals surface area (Å²) in [6.45, 7) is 7.22. The molecule has 5 heteroatoms. The highest BCUT2D eigenvalue weighted by Gasteiger charge is 2.29. The molecule has 0 radical (unpaired) electrons. The molecule has 0 saturated carbocycles. The van der Waals surface area contributed by atoms with Gasteiger partial charge in [-0.15, -0.1) is 0 Å². The summed E-state index contributed by atoms with van der Waals surface area (Å²) in [5, 5.41) is 0. The first-order valence-electron chi connectivity index (χ1n) is 10.4. The first-order chi connectivity index (χ1) is 14.5. The number of hydrogen-bond donors (Lipinski definition) is 0. The summed E-state index contributed by atoms with van der Waals surface area (Å²) >= 11 is 0. The van der Waals surface area contributed by atoms with Crippen molar-refractivity contribution in [2.75, 3.05) is 20.2 Å². The number of morpholine rings is 1. The molecule has 2 aromatic carbocycles. The second kappa shape index (κ2) is 8.36. The zero-order valence-electron chi connectivity index (χ0n) is 18.0. The van der Waals surface area contributed by atoms with E-state index in [0.717, 1.165) is 28.4 Å². The number of hydrogen-bond acceptors (Lipinski definition) is 3. The summed E-state index contributed by atoms with van der Waals surface area (Å²) in [6.07, 6.45) is 0.0609. The molecule has 0 spiro atoms. The highest BCUT2D eigenvalue weighted by Crippen LogP contribution is 2.34. The molecular weight excluding hydrogens is 376 g/mol. The van der Waals surface area contributed by atoms with Crippen LogP contribution >= 0.6 is 0 Å². The van der Waals surface area contributed by atoms with Crippen LogP contribution < -0.4 is 4.74 Å². The zero-order valence-corrected chi connectivity index (χ0v) is 18.0. The molecule has 5 nitrogen and oxygen atoms in total. The van der Waals surface area contributed by atoms with Gasteiger partial charge in [0.2, 0.25) is 0 Å². The first-order valence-corrected chi connectivity index (χ1v) is 10.4. The van der Waals surface area contributed by atoms with Crippen LogP contribution in [0.2, 0.25) is 0 Å². The van der Waals surface area contributed by atoms with E-state index < -0.39 is 0 Å². The normalized spacial score (nSPS) is 19.0. The molecule has 0 bridgehead atoms. The van der Waals surface area contributed by atoms with Crippen molar-refractivity contribution in [3.05, 3.63) is 71.9 Å². The van der Waals surface area contributed by atoms with Gasteiger partial charge in [-0.1, -0.05) is 42.5 Å². The van der Waals surface area contributed by atoms with E-state index in [0.29, 0.717) is 18.7 Å². The van der Waals surface area contributed by atoms with Crippen LogP contribution in [0.3, 0.4) is 0 Å². The molecule has 4 rings (SSSR count). The fourth-order valence-corrected chi connectivity index (χ4v) is 4.28. The number of aromatic nitrogens is 1. The van der Waals surface area contributed by atoms with Crippen LogP contribution in [0, 0.1) is 6.92 Å². The summed E-state index contributed by atoms with van der Waals surface area (Å²) in [5.74, 6) is 0.807. The predicted octanol–water partition coefficient (Wildman–Crippen LogP) is 4.71. The second-order valence-corrected chi connectivity index (χ2v) is 7.87. The third-order valence-electron chi connectivity index (χ3n) is 5.58. The Morgan fingerprint density at radius 3 is 2.30 bits per heavy atom. The van der Waals surface area contributed by atoms with E-state index in [1.54, 1.807) is 7.11 Å². The summed E-state index contributed by atoms with van der Waals surface area (Å²) in [4.78, 5) is 15.4. The van der Waals surface area contributed by atoms with Crippen LogP contribution in [0.4, 0.5) is 0 Å². The van der Waals surface area contributed by atoms with Crippen LogP contribution in [0.25, 0.3) is 16.9 Å². The van der Waals surface area contributed by atoms with Crippen molar-refractivity contribution < 1.29 is 14.3 Å². The number of amides is 1. The van der Waals surface area contributed by atoms with Crippen molar-refractivity contribution in [2.24, 2.45) is 0 Å². The van der Waals surface area contributed by atoms with Gasteiger partial charge in [-0.3, -0.25) is 4.79 Å². The van der Waals surface area contributed by atoms with Gasteiger partial charge >= 0.3 is 0 Å². The lowest BCUT2D eigenvalue weighted by Crippen LogP contribution is -2.48. The summed E-state index contributed by atoms with van der Waals surface area (Å²) in [7, 11) is 1.67. The van der Waals surface area contributed by atoms with E-state index >= 15 is 0 Å². The van der Waals surface area contributed by atoms with Gasteiger partial charge in [-0.25, -0.2) is 0 Å². The Balaban J connectivity index is 1.86. The van der Waals surface area contributed by atoms with Gasteiger partial charge in [-0.05, 0) is 44.5 Å². The molecule has 1 aromatic heterocycles. The van der Waals surface area contributed by atoms with Crippen LogP contribution in [-0.4, -0.2) is 47.8 Å².